The highest BCUT2D eigenvalue weighted by Gasteiger charge is 2.52. The quantitative estimate of drug-likeness (QED) is 0.341. The zero-order valence-corrected chi connectivity index (χ0v) is 21.5. The van der Waals surface area contributed by atoms with Gasteiger partial charge in [-0.25, -0.2) is 4.79 Å². The molecule has 0 spiro atoms. The molecule has 12 nitrogen and oxygen atoms in total. The van der Waals surface area contributed by atoms with Crippen LogP contribution < -0.4 is 0 Å². The first-order valence-electron chi connectivity index (χ1n) is 11.4. The Morgan fingerprint density at radius 3 is 2.03 bits per heavy atom. The second-order valence-electron chi connectivity index (χ2n) is 9.80. The van der Waals surface area contributed by atoms with Crippen LogP contribution in [-0.2, 0) is 38.0 Å². The summed E-state index contributed by atoms with van der Waals surface area (Å²) >= 11 is 0. The number of carbonyl (C=O) groups is 2. The molecule has 0 saturated carbocycles. The number of aliphatic hydroxyl groups excluding tert-OH is 3. The van der Waals surface area contributed by atoms with Gasteiger partial charge in [0, 0.05) is 18.9 Å². The largest absolute Gasteiger partial charge is 0.467 e. The van der Waals surface area contributed by atoms with Gasteiger partial charge >= 0.3 is 11.9 Å². The zero-order valence-electron chi connectivity index (χ0n) is 21.5. The van der Waals surface area contributed by atoms with E-state index in [1.165, 1.54) is 14.2 Å². The molecule has 0 aromatic heterocycles. The van der Waals surface area contributed by atoms with E-state index >= 15 is 0 Å². The molecule has 0 bridgehead atoms. The van der Waals surface area contributed by atoms with Crippen LogP contribution >= 0.6 is 0 Å². The molecule has 0 aromatic rings. The molecule has 35 heavy (non-hydrogen) atoms. The highest BCUT2D eigenvalue weighted by Crippen LogP contribution is 2.38. The molecule has 12 heteroatoms. The fourth-order valence-corrected chi connectivity index (χ4v) is 3.96. The Morgan fingerprint density at radius 2 is 1.57 bits per heavy atom. The number of nitrogens with zero attached hydrogens (tertiary/aromatic N) is 1. The molecular formula is C23H39NO11. The average Bonchev–Trinajstić information content (AvgIpc) is 2.80. The molecule has 0 radical (unpaired) electrons. The van der Waals surface area contributed by atoms with Crippen molar-refractivity contribution in [3.05, 3.63) is 0 Å². The molecule has 202 valence electrons. The van der Waals surface area contributed by atoms with Gasteiger partial charge in [-0.2, -0.15) is 5.26 Å². The molecular weight excluding hydrogens is 466 g/mol. The zero-order chi connectivity index (χ0) is 27.1. The molecule has 4 unspecified atom stereocenters. The van der Waals surface area contributed by atoms with Crippen molar-refractivity contribution in [1.29, 1.82) is 5.26 Å². The van der Waals surface area contributed by atoms with E-state index in [4.69, 9.17) is 38.8 Å². The minimum atomic E-state index is -1.20. The lowest BCUT2D eigenvalue weighted by Gasteiger charge is -2.47. The second-order valence-corrected chi connectivity index (χ2v) is 9.80. The van der Waals surface area contributed by atoms with Crippen molar-refractivity contribution < 1.29 is 53.3 Å². The van der Waals surface area contributed by atoms with Gasteiger partial charge in [0.25, 0.3) is 6.26 Å². The monoisotopic (exact) mass is 505 g/mol. The Balaban J connectivity index is 0.00000194. The summed E-state index contributed by atoms with van der Waals surface area (Å²) in [5, 5.41) is 34.1. The maximum atomic E-state index is 12.7. The number of hydrogen-bond donors (Lipinski definition) is 3. The summed E-state index contributed by atoms with van der Waals surface area (Å²) in [5.41, 5.74) is -0.763. The summed E-state index contributed by atoms with van der Waals surface area (Å²) in [7, 11) is 2.72. The van der Waals surface area contributed by atoms with Crippen LogP contribution in [0, 0.1) is 34.7 Å². The predicted molar refractivity (Wildman–Crippen MR) is 119 cm³/mol. The molecule has 0 amide bonds. The third-order valence-corrected chi connectivity index (χ3v) is 6.34. The van der Waals surface area contributed by atoms with Gasteiger partial charge in [0.1, 0.15) is 12.2 Å². The molecule has 3 N–H and O–H groups in total. The lowest BCUT2D eigenvalue weighted by atomic mass is 9.83. The summed E-state index contributed by atoms with van der Waals surface area (Å²) < 4.78 is 33.7. The Hall–Kier alpha value is -2.01. The number of hydrogen-bond acceptors (Lipinski definition) is 12. The van der Waals surface area contributed by atoms with E-state index in [1.54, 1.807) is 27.7 Å². The van der Waals surface area contributed by atoms with Gasteiger partial charge in [-0.15, -0.1) is 0 Å². The molecule has 2 rings (SSSR count). The molecule has 2 heterocycles. The third-order valence-electron chi connectivity index (χ3n) is 6.34. The molecule has 2 fully saturated rings. The van der Waals surface area contributed by atoms with Gasteiger partial charge < -0.3 is 43.7 Å². The minimum Gasteiger partial charge on any atom is -0.467 e. The normalized spacial score (nSPS) is 37.3. The van der Waals surface area contributed by atoms with Crippen LogP contribution in [0.5, 0.6) is 0 Å². The van der Waals surface area contributed by atoms with E-state index in [0.29, 0.717) is 0 Å². The van der Waals surface area contributed by atoms with Gasteiger partial charge in [-0.1, -0.05) is 20.8 Å². The molecule has 0 aromatic carbocycles. The predicted octanol–water partition coefficient (Wildman–Crippen LogP) is 0.700. The number of esters is 2. The van der Waals surface area contributed by atoms with Gasteiger partial charge in [0.2, 0.25) is 0 Å². The maximum Gasteiger partial charge on any atom is 0.335 e. The molecule has 10 atom stereocenters. The summed E-state index contributed by atoms with van der Waals surface area (Å²) in [6.07, 6.45) is -5.95. The molecule has 2 aliphatic heterocycles. The van der Waals surface area contributed by atoms with Gasteiger partial charge in [0.15, 0.2) is 24.8 Å². The Morgan fingerprint density at radius 1 is 1.00 bits per heavy atom. The lowest BCUT2D eigenvalue weighted by Crippen LogP contribution is -2.61. The van der Waals surface area contributed by atoms with Crippen molar-refractivity contribution in [3.63, 3.8) is 0 Å². The van der Waals surface area contributed by atoms with E-state index < -0.39 is 73.0 Å². The summed E-state index contributed by atoms with van der Waals surface area (Å²) in [6, 6.07) is 0. The van der Waals surface area contributed by atoms with Crippen molar-refractivity contribution in [2.24, 2.45) is 23.2 Å². The third kappa shape index (κ3) is 7.49. The maximum absolute atomic E-state index is 12.7. The van der Waals surface area contributed by atoms with Gasteiger partial charge in [-0.3, -0.25) is 4.79 Å². The fraction of sp³-hybridized carbons (Fsp3) is 0.870. The minimum absolute atomic E-state index is 0.316. The molecule has 0 aliphatic carbocycles. The molecule has 2 saturated heterocycles. The van der Waals surface area contributed by atoms with Crippen LogP contribution in [0.15, 0.2) is 0 Å². The van der Waals surface area contributed by atoms with Crippen molar-refractivity contribution in [1.82, 2.24) is 0 Å². The van der Waals surface area contributed by atoms with Crippen LogP contribution in [0.3, 0.4) is 0 Å². The van der Waals surface area contributed by atoms with Crippen LogP contribution in [0.1, 0.15) is 41.5 Å². The van der Waals surface area contributed by atoms with Crippen LogP contribution in [0.25, 0.3) is 0 Å². The van der Waals surface area contributed by atoms with Crippen LogP contribution in [0.2, 0.25) is 0 Å². The van der Waals surface area contributed by atoms with Crippen LogP contribution in [0.4, 0.5) is 0 Å². The first-order valence-corrected chi connectivity index (χ1v) is 11.4. The summed E-state index contributed by atoms with van der Waals surface area (Å²) in [6.45, 7) is 10.2. The van der Waals surface area contributed by atoms with Gasteiger partial charge in [0.05, 0.1) is 25.2 Å². The Kier molecular flexibility index (Phi) is 11.8. The number of ether oxygens (including phenoxy) is 6. The number of carbonyl (C=O) groups excluding carboxylic acids is 2. The number of nitriles is 1. The number of aliphatic hydroxyl groups is 3. The van der Waals surface area contributed by atoms with Crippen molar-refractivity contribution >= 4 is 11.9 Å². The number of rotatable bonds is 6. The molecule has 2 aliphatic rings. The SMILES string of the molecule is COC(=O)C1O[C@@H](O[C@@H]2C(C)[C@@H](OC)OC(CO)[C@H]2O)C(OC(=O)C(C)(C)C)[C@@H](C)[C@@H]1C.N#CO. The fourth-order valence-electron chi connectivity index (χ4n) is 3.96. The Bertz CT molecular complexity index is 718. The highest BCUT2D eigenvalue weighted by atomic mass is 16.7. The average molecular weight is 506 g/mol. The first-order chi connectivity index (χ1) is 16.3. The second kappa shape index (κ2) is 13.3. The van der Waals surface area contributed by atoms with E-state index in [2.05, 4.69) is 0 Å². The highest BCUT2D eigenvalue weighted by molar-refractivity contribution is 5.76. The van der Waals surface area contributed by atoms with E-state index in [-0.39, 0.29) is 11.8 Å². The number of methoxy groups -OCH3 is 2. The van der Waals surface area contributed by atoms with E-state index in [1.807, 2.05) is 13.8 Å². The van der Waals surface area contributed by atoms with Crippen molar-refractivity contribution in [3.8, 4) is 6.26 Å². The Labute approximate surface area is 206 Å². The first kappa shape index (κ1) is 31.0. The van der Waals surface area contributed by atoms with Gasteiger partial charge in [-0.05, 0) is 26.7 Å². The summed E-state index contributed by atoms with van der Waals surface area (Å²) in [4.78, 5) is 25.0. The van der Waals surface area contributed by atoms with E-state index in [9.17, 15) is 19.8 Å². The smallest absolute Gasteiger partial charge is 0.335 e. The van der Waals surface area contributed by atoms with Crippen LogP contribution in [-0.4, -0.2) is 91.2 Å². The standard InChI is InChI=1S/C22H38O10.CHNO/c1-10-11(2)17(32-21(26)22(4,5)6)20(31-16(10)18(25)27-7)30-15-12(3)19(28-8)29-13(9-23)14(15)24;2-1-3/h10-17,19-20,23-24H,9H2,1-8H3;3H/t10-,11-,12?,13?,14+,15+,16?,17?,19-,20+;/m0./s1. The topological polar surface area (TPSA) is 174 Å². The van der Waals surface area contributed by atoms with Crippen molar-refractivity contribution in [2.45, 2.75) is 84.6 Å². The lowest BCUT2D eigenvalue weighted by molar-refractivity contribution is -0.337. The van der Waals surface area contributed by atoms with E-state index in [0.717, 1.165) is 6.26 Å². The van der Waals surface area contributed by atoms with Crippen molar-refractivity contribution in [2.75, 3.05) is 20.8 Å². The summed E-state index contributed by atoms with van der Waals surface area (Å²) in [5.74, 6) is -2.11.